The Morgan fingerprint density at radius 1 is 1.26 bits per heavy atom. The van der Waals surface area contributed by atoms with Crippen molar-refractivity contribution in [1.29, 1.82) is 0 Å². The summed E-state index contributed by atoms with van der Waals surface area (Å²) >= 11 is 7.69. The molecule has 1 aromatic carbocycles. The number of thiophene rings is 1. The molecule has 0 saturated heterocycles. The van der Waals surface area contributed by atoms with Crippen LogP contribution in [-0.4, -0.2) is 37.7 Å². The first kappa shape index (κ1) is 18.2. The van der Waals surface area contributed by atoms with Crippen LogP contribution in [0.1, 0.15) is 23.4 Å². The smallest absolute Gasteiger partial charge is 0.301 e. The van der Waals surface area contributed by atoms with E-state index in [1.807, 2.05) is 28.8 Å². The molecule has 1 aliphatic rings. The van der Waals surface area contributed by atoms with E-state index in [4.69, 9.17) is 11.6 Å². The lowest BCUT2D eigenvalue weighted by atomic mass is 10.1. The zero-order chi connectivity index (χ0) is 17.8. The van der Waals surface area contributed by atoms with E-state index in [0.29, 0.717) is 17.2 Å². The summed E-state index contributed by atoms with van der Waals surface area (Å²) in [6, 6.07) is 7.60. The van der Waals surface area contributed by atoms with Crippen LogP contribution in [0.2, 0.25) is 5.02 Å². The largest absolute Gasteiger partial charge is 0.352 e. The van der Waals surface area contributed by atoms with Crippen LogP contribution in [0.25, 0.3) is 15.9 Å². The molecule has 0 unspecified atom stereocenters. The average molecular weight is 402 g/mol. The number of fused-ring (bicyclic) bond motifs is 5. The molecule has 0 atom stereocenters. The van der Waals surface area contributed by atoms with Gasteiger partial charge in [0.15, 0.2) is 5.65 Å². The van der Waals surface area contributed by atoms with Gasteiger partial charge in [0.1, 0.15) is 11.2 Å². The van der Waals surface area contributed by atoms with Crippen LogP contribution in [0.5, 0.6) is 0 Å². The Bertz CT molecular complexity index is 1190. The number of benzene rings is 1. The van der Waals surface area contributed by atoms with E-state index >= 15 is 0 Å². The minimum Gasteiger partial charge on any atom is -0.301 e. The highest BCUT2D eigenvalue weighted by atomic mass is 35.5. The van der Waals surface area contributed by atoms with Gasteiger partial charge in [-0.25, -0.2) is 9.78 Å². The Labute approximate surface area is 165 Å². The van der Waals surface area contributed by atoms with Crippen LogP contribution in [0.15, 0.2) is 35.4 Å². The van der Waals surface area contributed by atoms with Gasteiger partial charge >= 0.3 is 5.69 Å². The summed E-state index contributed by atoms with van der Waals surface area (Å²) in [7, 11) is 2.13. The highest BCUT2D eigenvalue weighted by Crippen LogP contribution is 2.36. The molecule has 0 aliphatic carbocycles. The first-order valence-electron chi connectivity index (χ1n) is 8.41. The van der Waals surface area contributed by atoms with E-state index < -0.39 is 0 Å². The number of hydrogen-bond donors (Lipinski definition) is 0. The fraction of sp³-hybridized carbons (Fsp3) is 0.316. The van der Waals surface area contributed by atoms with Crippen molar-refractivity contribution in [3.8, 4) is 0 Å². The van der Waals surface area contributed by atoms with E-state index in [1.165, 1.54) is 21.3 Å². The molecule has 0 fully saturated rings. The highest BCUT2D eigenvalue weighted by molar-refractivity contribution is 7.19. The summed E-state index contributed by atoms with van der Waals surface area (Å²) < 4.78 is 3.23. The van der Waals surface area contributed by atoms with Crippen LogP contribution in [-0.2, 0) is 19.5 Å². The Hall–Kier alpha value is -2.22. The molecular weight excluding hydrogens is 382 g/mol. The van der Waals surface area contributed by atoms with Gasteiger partial charge in [0.2, 0.25) is 0 Å². The van der Waals surface area contributed by atoms with Crippen molar-refractivity contribution >= 4 is 38.8 Å². The molecule has 6 nitrogen and oxygen atoms in total. The van der Waals surface area contributed by atoms with Gasteiger partial charge in [-0.2, -0.15) is 9.61 Å². The van der Waals surface area contributed by atoms with Gasteiger partial charge in [0.25, 0.3) is 0 Å². The van der Waals surface area contributed by atoms with Gasteiger partial charge in [0.05, 0.1) is 11.9 Å². The summed E-state index contributed by atoms with van der Waals surface area (Å²) in [5.41, 5.74) is 2.85. The molecule has 0 N–H and O–H groups in total. The standard InChI is InChI=1S/C18H16ClN5OS.CH4/c1-22-7-6-13-14(9-22)26-17-15(13)16-20-10-21-24(16)18(25)23(17)8-11-2-4-12(19)5-3-11;/h2-5,10H,6-9H2,1H3;1H4. The SMILES string of the molecule is C.CN1CCc2c(sc3c2c2ncnn2c(=O)n3Cc2ccc(Cl)cc2)C1. The van der Waals surface area contributed by atoms with Gasteiger partial charge in [0, 0.05) is 23.0 Å². The summed E-state index contributed by atoms with van der Waals surface area (Å²) in [6.45, 7) is 2.40. The van der Waals surface area contributed by atoms with E-state index in [1.54, 1.807) is 11.3 Å². The summed E-state index contributed by atoms with van der Waals surface area (Å²) in [6.07, 6.45) is 2.43. The van der Waals surface area contributed by atoms with E-state index in [-0.39, 0.29) is 13.1 Å². The Kier molecular flexibility index (Phi) is 4.53. The third-order valence-electron chi connectivity index (χ3n) is 4.91. The Morgan fingerprint density at radius 3 is 2.81 bits per heavy atom. The van der Waals surface area contributed by atoms with Crippen molar-refractivity contribution in [3.63, 3.8) is 0 Å². The maximum absolute atomic E-state index is 13.0. The zero-order valence-corrected chi connectivity index (χ0v) is 15.7. The minimum absolute atomic E-state index is 0. The van der Waals surface area contributed by atoms with Gasteiger partial charge < -0.3 is 4.90 Å². The van der Waals surface area contributed by atoms with E-state index in [9.17, 15) is 4.79 Å². The molecule has 140 valence electrons. The molecule has 0 saturated carbocycles. The number of nitrogens with zero attached hydrogens (tertiary/aromatic N) is 5. The molecule has 27 heavy (non-hydrogen) atoms. The molecular formula is C19H20ClN5OS. The molecule has 4 aromatic rings. The summed E-state index contributed by atoms with van der Waals surface area (Å²) in [4.78, 5) is 22.0. The van der Waals surface area contributed by atoms with Crippen molar-refractivity contribution in [3.05, 3.63) is 62.1 Å². The second kappa shape index (κ2) is 6.74. The third kappa shape index (κ3) is 2.86. The lowest BCUT2D eigenvalue weighted by molar-refractivity contribution is 0.318. The maximum atomic E-state index is 13.0. The van der Waals surface area contributed by atoms with E-state index in [0.717, 1.165) is 35.3 Å². The monoisotopic (exact) mass is 401 g/mol. The summed E-state index contributed by atoms with van der Waals surface area (Å²) in [5, 5.41) is 5.93. The van der Waals surface area contributed by atoms with Gasteiger partial charge in [-0.15, -0.1) is 11.3 Å². The van der Waals surface area contributed by atoms with Crippen molar-refractivity contribution < 1.29 is 0 Å². The molecule has 5 rings (SSSR count). The fourth-order valence-electron chi connectivity index (χ4n) is 3.60. The predicted molar refractivity (Wildman–Crippen MR) is 110 cm³/mol. The number of aromatic nitrogens is 4. The Morgan fingerprint density at radius 2 is 2.04 bits per heavy atom. The highest BCUT2D eigenvalue weighted by Gasteiger charge is 2.24. The third-order valence-corrected chi connectivity index (χ3v) is 6.40. The average Bonchev–Trinajstić information content (AvgIpc) is 3.24. The number of likely N-dealkylation sites (N-methyl/N-ethyl adjacent to an activating group) is 1. The molecule has 3 aromatic heterocycles. The quantitative estimate of drug-likeness (QED) is 0.516. The number of rotatable bonds is 2. The second-order valence-electron chi connectivity index (χ2n) is 6.66. The molecule has 8 heteroatoms. The minimum atomic E-state index is -0.160. The van der Waals surface area contributed by atoms with Gasteiger partial charge in [-0.05, 0) is 36.7 Å². The number of halogens is 1. The fourth-order valence-corrected chi connectivity index (χ4v) is 5.14. The molecule has 0 radical (unpaired) electrons. The molecule has 0 bridgehead atoms. The van der Waals surface area contributed by atoms with Gasteiger partial charge in [-0.3, -0.25) is 4.57 Å². The summed E-state index contributed by atoms with van der Waals surface area (Å²) in [5.74, 6) is 0. The lowest BCUT2D eigenvalue weighted by Crippen LogP contribution is -2.28. The van der Waals surface area contributed by atoms with Crippen LogP contribution in [0, 0.1) is 0 Å². The number of hydrogen-bond acceptors (Lipinski definition) is 5. The topological polar surface area (TPSA) is 55.4 Å². The van der Waals surface area contributed by atoms with Gasteiger partial charge in [-0.1, -0.05) is 31.2 Å². The first-order valence-corrected chi connectivity index (χ1v) is 9.61. The van der Waals surface area contributed by atoms with Crippen molar-refractivity contribution in [2.24, 2.45) is 0 Å². The lowest BCUT2D eigenvalue weighted by Gasteiger charge is -2.21. The second-order valence-corrected chi connectivity index (χ2v) is 8.18. The maximum Gasteiger partial charge on any atom is 0.352 e. The van der Waals surface area contributed by atoms with Crippen LogP contribution in [0.3, 0.4) is 0 Å². The molecule has 0 spiro atoms. The van der Waals surface area contributed by atoms with Crippen LogP contribution >= 0.6 is 22.9 Å². The van der Waals surface area contributed by atoms with Crippen molar-refractivity contribution in [2.45, 2.75) is 26.9 Å². The van der Waals surface area contributed by atoms with Crippen LogP contribution in [0.4, 0.5) is 0 Å². The molecule has 4 heterocycles. The normalized spacial score (nSPS) is 14.4. The van der Waals surface area contributed by atoms with Crippen LogP contribution < -0.4 is 5.69 Å². The van der Waals surface area contributed by atoms with Crippen molar-refractivity contribution in [1.82, 2.24) is 24.1 Å². The Balaban J connectivity index is 0.00000180. The van der Waals surface area contributed by atoms with E-state index in [2.05, 4.69) is 22.0 Å². The van der Waals surface area contributed by atoms with Crippen molar-refractivity contribution in [2.75, 3.05) is 13.6 Å². The molecule has 1 aliphatic heterocycles. The zero-order valence-electron chi connectivity index (χ0n) is 14.1. The first-order chi connectivity index (χ1) is 12.6. The predicted octanol–water partition coefficient (Wildman–Crippen LogP) is 3.43. The molecule has 0 amide bonds.